The predicted octanol–water partition coefficient (Wildman–Crippen LogP) is 6.52. The van der Waals surface area contributed by atoms with Crippen LogP contribution in [-0.2, 0) is 19.1 Å². The zero-order valence-electron chi connectivity index (χ0n) is 21.4. The summed E-state index contributed by atoms with van der Waals surface area (Å²) in [6.45, 7) is 10.1. The Morgan fingerprint density at radius 2 is 1.17 bits per heavy atom. The van der Waals surface area contributed by atoms with Gasteiger partial charge in [-0.2, -0.15) is 0 Å². The van der Waals surface area contributed by atoms with Crippen molar-refractivity contribution in [3.05, 3.63) is 48.0 Å². The first-order chi connectivity index (χ1) is 16.8. The number of carbonyl (C=O) groups is 2. The van der Waals surface area contributed by atoms with Crippen LogP contribution >= 0.6 is 0 Å². The molecule has 0 N–H and O–H groups in total. The van der Waals surface area contributed by atoms with Crippen molar-refractivity contribution in [2.75, 3.05) is 13.2 Å². The van der Waals surface area contributed by atoms with Gasteiger partial charge in [0.05, 0.1) is 0 Å². The Kier molecular flexibility index (Phi) is 9.35. The molecule has 3 aromatic carbocycles. The second-order valence-electron chi connectivity index (χ2n) is 8.98. The Bertz CT molecular complexity index is 1170. The van der Waals surface area contributed by atoms with Crippen molar-refractivity contribution in [1.29, 1.82) is 0 Å². The minimum absolute atomic E-state index is 0.216. The van der Waals surface area contributed by atoms with Gasteiger partial charge in [0.2, 0.25) is 0 Å². The number of hydrogen-bond donors (Lipinski definition) is 0. The quantitative estimate of drug-likeness (QED) is 0.217. The minimum atomic E-state index is -0.373. The van der Waals surface area contributed by atoms with Gasteiger partial charge in [0.1, 0.15) is 36.9 Å². The molecule has 2 atom stereocenters. The van der Waals surface area contributed by atoms with Crippen LogP contribution < -0.4 is 9.47 Å². The van der Waals surface area contributed by atoms with Gasteiger partial charge in [-0.1, -0.05) is 55.8 Å². The van der Waals surface area contributed by atoms with Gasteiger partial charge in [0.15, 0.2) is 0 Å². The molecule has 188 valence electrons. The van der Waals surface area contributed by atoms with Crippen molar-refractivity contribution < 1.29 is 28.5 Å². The first-order valence-electron chi connectivity index (χ1n) is 12.4. The zero-order valence-corrected chi connectivity index (χ0v) is 21.4. The Morgan fingerprint density at radius 1 is 0.714 bits per heavy atom. The van der Waals surface area contributed by atoms with Crippen molar-refractivity contribution in [2.45, 2.75) is 72.5 Å². The Hall–Kier alpha value is -3.28. The lowest BCUT2D eigenvalue weighted by Gasteiger charge is -2.21. The van der Waals surface area contributed by atoms with Gasteiger partial charge in [-0.25, -0.2) is 0 Å². The molecule has 6 heteroatoms. The van der Waals surface area contributed by atoms with E-state index in [0.717, 1.165) is 51.4 Å². The normalized spacial score (nSPS) is 12.8. The maximum absolute atomic E-state index is 11.9. The van der Waals surface area contributed by atoms with Crippen LogP contribution in [0.5, 0.6) is 11.5 Å². The molecule has 0 spiro atoms. The highest BCUT2D eigenvalue weighted by Crippen LogP contribution is 2.43. The molecule has 3 aromatic rings. The molecule has 0 saturated heterocycles. The summed E-state index contributed by atoms with van der Waals surface area (Å²) in [7, 11) is 0. The fourth-order valence-corrected chi connectivity index (χ4v) is 3.97. The standard InChI is InChI=1S/C29H36O6/c1-6-10-26(30)34-20(4)17-32-28-22-12-8-9-13-23(22)29(25-16-19(3)14-15-24(25)28)33-18-21(5)35-27(31)11-7-2/h8-9,12-16,20-21H,6-7,10-11,17-18H2,1-5H3. The fraction of sp³-hybridized carbons (Fsp3) is 0.448. The largest absolute Gasteiger partial charge is 0.488 e. The molecule has 6 nitrogen and oxygen atoms in total. The average Bonchev–Trinajstić information content (AvgIpc) is 2.81. The van der Waals surface area contributed by atoms with Crippen LogP contribution in [0.3, 0.4) is 0 Å². The van der Waals surface area contributed by atoms with Crippen LogP contribution in [0.2, 0.25) is 0 Å². The molecule has 0 heterocycles. The number of aryl methyl sites for hydroxylation is 1. The van der Waals surface area contributed by atoms with Gasteiger partial charge in [0, 0.05) is 34.4 Å². The van der Waals surface area contributed by atoms with E-state index in [2.05, 4.69) is 6.07 Å². The van der Waals surface area contributed by atoms with Crippen molar-refractivity contribution in [1.82, 2.24) is 0 Å². The molecule has 0 aliphatic rings. The third-order valence-corrected chi connectivity index (χ3v) is 5.58. The number of benzene rings is 3. The molecule has 3 rings (SSSR count). The molecule has 2 unspecified atom stereocenters. The second-order valence-corrected chi connectivity index (χ2v) is 8.98. The van der Waals surface area contributed by atoms with E-state index in [4.69, 9.17) is 18.9 Å². The summed E-state index contributed by atoms with van der Waals surface area (Å²) in [4.78, 5) is 23.8. The number of fused-ring (bicyclic) bond motifs is 2. The second kappa shape index (κ2) is 12.4. The highest BCUT2D eigenvalue weighted by atomic mass is 16.6. The Labute approximate surface area is 207 Å². The highest BCUT2D eigenvalue weighted by molar-refractivity contribution is 6.11. The van der Waals surface area contributed by atoms with Crippen molar-refractivity contribution in [3.63, 3.8) is 0 Å². The molecule has 0 fully saturated rings. The van der Waals surface area contributed by atoms with Crippen molar-refractivity contribution >= 4 is 33.5 Å². The highest BCUT2D eigenvalue weighted by Gasteiger charge is 2.19. The summed E-state index contributed by atoms with van der Waals surface area (Å²) in [5.74, 6) is 1.02. The van der Waals surface area contributed by atoms with Crippen LogP contribution in [0.15, 0.2) is 42.5 Å². The minimum Gasteiger partial charge on any atom is -0.488 e. The van der Waals surface area contributed by atoms with Gasteiger partial charge < -0.3 is 18.9 Å². The molecule has 0 radical (unpaired) electrons. The first-order valence-corrected chi connectivity index (χ1v) is 12.4. The first kappa shape index (κ1) is 26.3. The molecular formula is C29H36O6. The lowest BCUT2D eigenvalue weighted by molar-refractivity contribution is -0.150. The molecule has 0 saturated carbocycles. The predicted molar refractivity (Wildman–Crippen MR) is 138 cm³/mol. The van der Waals surface area contributed by atoms with E-state index in [9.17, 15) is 9.59 Å². The van der Waals surface area contributed by atoms with Gasteiger partial charge in [-0.3, -0.25) is 9.59 Å². The summed E-state index contributed by atoms with van der Waals surface area (Å²) in [5.41, 5.74) is 1.09. The van der Waals surface area contributed by atoms with Crippen LogP contribution in [0.4, 0.5) is 0 Å². The maximum atomic E-state index is 11.9. The van der Waals surface area contributed by atoms with Crippen molar-refractivity contribution in [2.24, 2.45) is 0 Å². The number of rotatable bonds is 12. The van der Waals surface area contributed by atoms with Gasteiger partial charge >= 0.3 is 11.9 Å². The summed E-state index contributed by atoms with van der Waals surface area (Å²) in [6.07, 6.45) is 1.55. The average molecular weight is 481 g/mol. The summed E-state index contributed by atoms with van der Waals surface area (Å²) >= 11 is 0. The molecule has 0 bridgehead atoms. The van der Waals surface area contributed by atoms with Gasteiger partial charge in [-0.05, 0) is 39.7 Å². The number of hydrogen-bond acceptors (Lipinski definition) is 6. The lowest BCUT2D eigenvalue weighted by atomic mass is 9.99. The lowest BCUT2D eigenvalue weighted by Crippen LogP contribution is -2.22. The van der Waals surface area contributed by atoms with Crippen LogP contribution in [0.25, 0.3) is 21.5 Å². The zero-order chi connectivity index (χ0) is 25.4. The van der Waals surface area contributed by atoms with E-state index in [-0.39, 0.29) is 37.4 Å². The summed E-state index contributed by atoms with van der Waals surface area (Å²) in [5, 5.41) is 3.64. The van der Waals surface area contributed by atoms with Crippen LogP contribution in [0, 0.1) is 6.92 Å². The topological polar surface area (TPSA) is 71.1 Å². The van der Waals surface area contributed by atoms with E-state index in [1.54, 1.807) is 0 Å². The van der Waals surface area contributed by atoms with Crippen LogP contribution in [0.1, 0.15) is 58.9 Å². The molecule has 0 aliphatic heterocycles. The number of carbonyl (C=O) groups excluding carboxylic acids is 2. The van der Waals surface area contributed by atoms with Gasteiger partial charge in [0.25, 0.3) is 0 Å². The smallest absolute Gasteiger partial charge is 0.306 e. The third-order valence-electron chi connectivity index (χ3n) is 5.58. The van der Waals surface area contributed by atoms with Crippen LogP contribution in [-0.4, -0.2) is 37.4 Å². The summed E-state index contributed by atoms with van der Waals surface area (Å²) < 4.78 is 23.5. The van der Waals surface area contributed by atoms with Crippen molar-refractivity contribution in [3.8, 4) is 11.5 Å². The van der Waals surface area contributed by atoms with E-state index in [1.165, 1.54) is 0 Å². The number of ether oxygens (including phenoxy) is 4. The maximum Gasteiger partial charge on any atom is 0.306 e. The molecule has 0 amide bonds. The SMILES string of the molecule is CCCC(=O)OC(C)COc1c2ccccc2c(OCC(C)OC(=O)CCC)c2cc(C)ccc12. The van der Waals surface area contributed by atoms with E-state index < -0.39 is 0 Å². The molecule has 35 heavy (non-hydrogen) atoms. The molecule has 0 aromatic heterocycles. The monoisotopic (exact) mass is 480 g/mol. The Morgan fingerprint density at radius 3 is 1.66 bits per heavy atom. The Balaban J connectivity index is 1.94. The molecule has 0 aliphatic carbocycles. The summed E-state index contributed by atoms with van der Waals surface area (Å²) in [6, 6.07) is 14.0. The fourth-order valence-electron chi connectivity index (χ4n) is 3.97. The third kappa shape index (κ3) is 6.87. The molecular weight excluding hydrogens is 444 g/mol. The number of esters is 2. The van der Waals surface area contributed by atoms with E-state index in [1.807, 2.05) is 71.0 Å². The van der Waals surface area contributed by atoms with E-state index in [0.29, 0.717) is 12.8 Å². The van der Waals surface area contributed by atoms with E-state index >= 15 is 0 Å². The van der Waals surface area contributed by atoms with Gasteiger partial charge in [-0.15, -0.1) is 0 Å².